The average Bonchev–Trinajstić information content (AvgIpc) is 2.77. The van der Waals surface area contributed by atoms with Gasteiger partial charge in [0.25, 0.3) is 10.0 Å². The third kappa shape index (κ3) is 4.23. The Balaban J connectivity index is 2.59. The fourth-order valence-electron chi connectivity index (χ4n) is 1.12. The molecule has 0 saturated carbocycles. The highest BCUT2D eigenvalue weighted by Gasteiger charge is 2.18. The van der Waals surface area contributed by atoms with Gasteiger partial charge in [0.2, 0.25) is 5.09 Å². The second kappa shape index (κ2) is 6.29. The zero-order valence-electron chi connectivity index (χ0n) is 9.51. The van der Waals surface area contributed by atoms with E-state index in [-0.39, 0.29) is 18.2 Å². The Morgan fingerprint density at radius 2 is 2.18 bits per heavy atom. The van der Waals surface area contributed by atoms with Crippen molar-refractivity contribution in [3.63, 3.8) is 0 Å². The fourth-order valence-corrected chi connectivity index (χ4v) is 2.84. The molecule has 0 bridgehead atoms. The van der Waals surface area contributed by atoms with E-state index in [1.165, 1.54) is 12.1 Å². The maximum atomic E-state index is 11.7. The van der Waals surface area contributed by atoms with E-state index in [0.717, 1.165) is 0 Å². The van der Waals surface area contributed by atoms with Crippen LogP contribution in [0, 0.1) is 0 Å². The summed E-state index contributed by atoms with van der Waals surface area (Å²) in [5.41, 5.74) is 5.32. The van der Waals surface area contributed by atoms with Crippen LogP contribution >= 0.6 is 0 Å². The number of rotatable bonds is 7. The molecule has 0 fully saturated rings. The minimum atomic E-state index is -3.66. The van der Waals surface area contributed by atoms with Gasteiger partial charge in [-0.1, -0.05) is 6.92 Å². The van der Waals surface area contributed by atoms with Crippen molar-refractivity contribution in [2.24, 2.45) is 5.73 Å². The lowest BCUT2D eigenvalue weighted by Crippen LogP contribution is -2.27. The zero-order chi connectivity index (χ0) is 12.9. The van der Waals surface area contributed by atoms with Crippen molar-refractivity contribution in [2.75, 3.05) is 18.1 Å². The van der Waals surface area contributed by atoms with Gasteiger partial charge in [0.1, 0.15) is 5.76 Å². The van der Waals surface area contributed by atoms with Crippen molar-refractivity contribution in [1.29, 1.82) is 0 Å². The summed E-state index contributed by atoms with van der Waals surface area (Å²) >= 11 is 0. The molecule has 0 saturated heterocycles. The van der Waals surface area contributed by atoms with Crippen molar-refractivity contribution in [3.8, 4) is 0 Å². The van der Waals surface area contributed by atoms with E-state index in [0.29, 0.717) is 17.3 Å². The molecule has 0 aliphatic carbocycles. The van der Waals surface area contributed by atoms with Crippen molar-refractivity contribution in [1.82, 2.24) is 4.72 Å². The van der Waals surface area contributed by atoms with Crippen LogP contribution in [-0.2, 0) is 27.4 Å². The number of nitrogens with one attached hydrogen (secondary N) is 1. The first-order chi connectivity index (χ1) is 7.99. The van der Waals surface area contributed by atoms with E-state index in [4.69, 9.17) is 10.2 Å². The third-order valence-corrected chi connectivity index (χ3v) is 4.68. The number of nitrogens with two attached hydrogens (primary N) is 1. The molecule has 98 valence electrons. The monoisotopic (exact) mass is 280 g/mol. The van der Waals surface area contributed by atoms with Crippen LogP contribution in [0.1, 0.15) is 12.7 Å². The normalized spacial score (nSPS) is 13.8. The van der Waals surface area contributed by atoms with Crippen LogP contribution in [0.3, 0.4) is 0 Å². The van der Waals surface area contributed by atoms with Gasteiger partial charge in [-0.2, -0.15) is 0 Å². The molecular weight excluding hydrogens is 264 g/mol. The van der Waals surface area contributed by atoms with Crippen LogP contribution in [0.2, 0.25) is 0 Å². The Morgan fingerprint density at radius 3 is 2.71 bits per heavy atom. The van der Waals surface area contributed by atoms with Crippen LogP contribution < -0.4 is 10.5 Å². The summed E-state index contributed by atoms with van der Waals surface area (Å²) in [7, 11) is -4.65. The van der Waals surface area contributed by atoms with Crippen LogP contribution in [0.15, 0.2) is 21.6 Å². The Hall–Kier alpha value is -0.700. The van der Waals surface area contributed by atoms with E-state index in [9.17, 15) is 12.6 Å². The Kier molecular flexibility index (Phi) is 5.31. The van der Waals surface area contributed by atoms with E-state index >= 15 is 0 Å². The molecule has 1 aromatic rings. The number of furan rings is 1. The number of sulfonamides is 1. The molecule has 1 unspecified atom stereocenters. The van der Waals surface area contributed by atoms with Crippen LogP contribution in [0.25, 0.3) is 0 Å². The van der Waals surface area contributed by atoms with Crippen LogP contribution in [-0.4, -0.2) is 30.7 Å². The van der Waals surface area contributed by atoms with Gasteiger partial charge in [-0.3, -0.25) is 4.21 Å². The number of hydrogen-bond donors (Lipinski definition) is 2. The van der Waals surface area contributed by atoms with Gasteiger partial charge in [-0.25, -0.2) is 13.1 Å². The molecule has 0 aliphatic rings. The minimum absolute atomic E-state index is 0.126. The molecule has 1 atom stereocenters. The largest absolute Gasteiger partial charge is 0.447 e. The van der Waals surface area contributed by atoms with Gasteiger partial charge in [-0.05, 0) is 12.1 Å². The van der Waals surface area contributed by atoms with Gasteiger partial charge in [0, 0.05) is 28.9 Å². The van der Waals surface area contributed by atoms with E-state index < -0.39 is 20.8 Å². The maximum Gasteiger partial charge on any atom is 0.273 e. The molecule has 0 aliphatic heterocycles. The Bertz CT molecular complexity index is 481. The number of hydrogen-bond acceptors (Lipinski definition) is 5. The van der Waals surface area contributed by atoms with Gasteiger partial charge < -0.3 is 10.2 Å². The highest BCUT2D eigenvalue weighted by Crippen LogP contribution is 2.12. The predicted octanol–water partition coefficient (Wildman–Crippen LogP) is -0.215. The lowest BCUT2D eigenvalue weighted by atomic mass is 10.5. The Labute approximate surface area is 103 Å². The summed E-state index contributed by atoms with van der Waals surface area (Å²) in [5.74, 6) is 1.21. The first kappa shape index (κ1) is 14.4. The lowest BCUT2D eigenvalue weighted by Gasteiger charge is -2.03. The second-order valence-electron chi connectivity index (χ2n) is 3.26. The Morgan fingerprint density at radius 1 is 1.47 bits per heavy atom. The summed E-state index contributed by atoms with van der Waals surface area (Å²) in [6.45, 7) is 2.06. The average molecular weight is 280 g/mol. The summed E-state index contributed by atoms with van der Waals surface area (Å²) in [5, 5.41) is -0.166. The topological polar surface area (TPSA) is 102 Å². The molecule has 0 aromatic carbocycles. The predicted molar refractivity (Wildman–Crippen MR) is 65.3 cm³/mol. The first-order valence-electron chi connectivity index (χ1n) is 5.13. The summed E-state index contributed by atoms with van der Waals surface area (Å²) in [4.78, 5) is 0. The first-order valence-corrected chi connectivity index (χ1v) is 8.10. The third-order valence-electron chi connectivity index (χ3n) is 2.05. The second-order valence-corrected chi connectivity index (χ2v) is 6.82. The van der Waals surface area contributed by atoms with Gasteiger partial charge in [0.05, 0.1) is 6.54 Å². The highest BCUT2D eigenvalue weighted by atomic mass is 32.2. The molecule has 1 rings (SSSR count). The molecule has 8 heteroatoms. The summed E-state index contributed by atoms with van der Waals surface area (Å²) in [6, 6.07) is 2.86. The molecule has 1 heterocycles. The summed E-state index contributed by atoms with van der Waals surface area (Å²) in [6.07, 6.45) is 0. The quantitative estimate of drug-likeness (QED) is 0.719. The molecular formula is C9H16N2O4S2. The SMILES string of the molecule is CCS(=O)CCNS(=O)(=O)c1ccc(CN)o1. The smallest absolute Gasteiger partial charge is 0.273 e. The molecule has 6 nitrogen and oxygen atoms in total. The summed E-state index contributed by atoms with van der Waals surface area (Å²) < 4.78 is 41.8. The van der Waals surface area contributed by atoms with Crippen molar-refractivity contribution >= 4 is 20.8 Å². The van der Waals surface area contributed by atoms with Crippen molar-refractivity contribution < 1.29 is 17.0 Å². The van der Waals surface area contributed by atoms with E-state index in [1.54, 1.807) is 6.92 Å². The van der Waals surface area contributed by atoms with Crippen molar-refractivity contribution in [3.05, 3.63) is 17.9 Å². The van der Waals surface area contributed by atoms with Crippen LogP contribution in [0.4, 0.5) is 0 Å². The van der Waals surface area contributed by atoms with E-state index in [2.05, 4.69) is 4.72 Å². The molecule has 17 heavy (non-hydrogen) atoms. The van der Waals surface area contributed by atoms with Gasteiger partial charge >= 0.3 is 0 Å². The minimum Gasteiger partial charge on any atom is -0.447 e. The lowest BCUT2D eigenvalue weighted by molar-refractivity contribution is 0.413. The molecule has 0 radical (unpaired) electrons. The van der Waals surface area contributed by atoms with Gasteiger partial charge in [-0.15, -0.1) is 0 Å². The molecule has 0 spiro atoms. The van der Waals surface area contributed by atoms with E-state index in [1.807, 2.05) is 0 Å². The molecule has 1 aromatic heterocycles. The standard InChI is InChI=1S/C9H16N2O4S2/c1-2-16(12)6-5-11-17(13,14)9-4-3-8(7-10)15-9/h3-4,11H,2,5-7,10H2,1H3. The molecule has 3 N–H and O–H groups in total. The maximum absolute atomic E-state index is 11.7. The van der Waals surface area contributed by atoms with Crippen molar-refractivity contribution in [2.45, 2.75) is 18.6 Å². The van der Waals surface area contributed by atoms with Gasteiger partial charge in [0.15, 0.2) is 0 Å². The molecule has 0 amide bonds. The highest BCUT2D eigenvalue weighted by molar-refractivity contribution is 7.89. The zero-order valence-corrected chi connectivity index (χ0v) is 11.1. The fraction of sp³-hybridized carbons (Fsp3) is 0.556. The van der Waals surface area contributed by atoms with Crippen LogP contribution in [0.5, 0.6) is 0 Å².